The first kappa shape index (κ1) is 15.3. The number of carbonyl (C=O) groups is 1. The fraction of sp³-hybridized carbons (Fsp3) is 0.200. The molecule has 110 valence electrons. The number of rotatable bonds is 3. The smallest absolute Gasteiger partial charge is 0.272 e. The van der Waals surface area contributed by atoms with Crippen molar-refractivity contribution in [1.29, 1.82) is 0 Å². The zero-order chi connectivity index (χ0) is 15.8. The van der Waals surface area contributed by atoms with E-state index in [1.165, 1.54) is 34.9 Å². The predicted octanol–water partition coefficient (Wildman–Crippen LogP) is 2.90. The molecule has 1 aromatic heterocycles. The second kappa shape index (κ2) is 5.33. The van der Waals surface area contributed by atoms with Crippen LogP contribution >= 0.6 is 11.6 Å². The molecule has 1 aromatic rings. The van der Waals surface area contributed by atoms with Crippen LogP contribution in [0.15, 0.2) is 53.1 Å². The molecule has 1 aliphatic rings. The molecule has 1 atom stereocenters. The van der Waals surface area contributed by atoms with Crippen LogP contribution in [0.5, 0.6) is 0 Å². The van der Waals surface area contributed by atoms with Gasteiger partial charge < -0.3 is 5.32 Å². The summed E-state index contributed by atoms with van der Waals surface area (Å²) in [7, 11) is 0. The van der Waals surface area contributed by atoms with Gasteiger partial charge in [-0.2, -0.15) is 0 Å². The van der Waals surface area contributed by atoms with Crippen LogP contribution < -0.4 is 10.9 Å². The zero-order valence-electron chi connectivity index (χ0n) is 11.6. The van der Waals surface area contributed by atoms with E-state index in [0.717, 1.165) is 0 Å². The molecule has 1 amide bonds. The lowest BCUT2D eigenvalue weighted by Gasteiger charge is -2.28. The molecule has 0 spiro atoms. The molecule has 21 heavy (non-hydrogen) atoms. The quantitative estimate of drug-likeness (QED) is 0.873. The van der Waals surface area contributed by atoms with Gasteiger partial charge in [-0.3, -0.25) is 14.2 Å². The van der Waals surface area contributed by atoms with Gasteiger partial charge in [0, 0.05) is 5.57 Å². The molecule has 2 heterocycles. The minimum atomic E-state index is -1.24. The van der Waals surface area contributed by atoms with Crippen LogP contribution in [0.1, 0.15) is 24.3 Å². The topological polar surface area (TPSA) is 51.1 Å². The molecule has 2 rings (SSSR count). The maximum atomic E-state index is 13.6. The first-order valence-electron chi connectivity index (χ1n) is 6.26. The molecule has 1 unspecified atom stereocenters. The van der Waals surface area contributed by atoms with Gasteiger partial charge in [-0.15, -0.1) is 0 Å². The van der Waals surface area contributed by atoms with Crippen LogP contribution in [-0.4, -0.2) is 10.5 Å². The number of amides is 1. The number of nitrogens with zero attached hydrogens (tertiary/aromatic N) is 1. The fourth-order valence-corrected chi connectivity index (χ4v) is 2.46. The van der Waals surface area contributed by atoms with E-state index in [1.54, 1.807) is 13.8 Å². The van der Waals surface area contributed by atoms with Gasteiger partial charge in [-0.05, 0) is 32.1 Å². The van der Waals surface area contributed by atoms with Crippen molar-refractivity contribution in [3.63, 3.8) is 0 Å². The van der Waals surface area contributed by atoms with Crippen molar-refractivity contribution in [3.8, 4) is 0 Å². The third kappa shape index (κ3) is 2.34. The molecule has 0 fully saturated rings. The Labute approximate surface area is 126 Å². The minimum absolute atomic E-state index is 0.0172. The summed E-state index contributed by atoms with van der Waals surface area (Å²) in [5, 5.41) is 2.66. The second-order valence-electron chi connectivity index (χ2n) is 4.71. The van der Waals surface area contributed by atoms with Crippen molar-refractivity contribution in [2.75, 3.05) is 0 Å². The highest BCUT2D eigenvalue weighted by atomic mass is 35.5. The number of aromatic nitrogens is 1. The number of halogens is 2. The van der Waals surface area contributed by atoms with Crippen molar-refractivity contribution in [3.05, 3.63) is 69.4 Å². The van der Waals surface area contributed by atoms with E-state index in [-0.39, 0.29) is 10.7 Å². The van der Waals surface area contributed by atoms with E-state index in [4.69, 9.17) is 11.6 Å². The molecule has 1 N–H and O–H groups in total. The van der Waals surface area contributed by atoms with Gasteiger partial charge in [0.05, 0.1) is 0 Å². The minimum Gasteiger partial charge on any atom is -0.324 e. The Bertz CT molecular complexity index is 749. The monoisotopic (exact) mass is 308 g/mol. The molecule has 0 aliphatic carbocycles. The van der Waals surface area contributed by atoms with Crippen LogP contribution in [0.3, 0.4) is 0 Å². The Hall–Kier alpha value is -2.14. The molecule has 6 heteroatoms. The van der Waals surface area contributed by atoms with Gasteiger partial charge in [0.1, 0.15) is 22.2 Å². The number of nitrogens with one attached hydrogen (secondary N) is 1. The first-order valence-corrected chi connectivity index (χ1v) is 6.64. The highest BCUT2D eigenvalue weighted by Crippen LogP contribution is 2.30. The van der Waals surface area contributed by atoms with E-state index in [1.807, 2.05) is 0 Å². The lowest BCUT2D eigenvalue weighted by molar-refractivity contribution is 0.0941. The number of pyridine rings is 1. The summed E-state index contributed by atoms with van der Waals surface area (Å²) in [6.45, 7) is 6.76. The molecular weight excluding hydrogens is 295 g/mol. The van der Waals surface area contributed by atoms with Crippen molar-refractivity contribution in [2.45, 2.75) is 19.5 Å². The zero-order valence-corrected chi connectivity index (χ0v) is 12.4. The van der Waals surface area contributed by atoms with Crippen molar-refractivity contribution >= 4 is 17.5 Å². The Morgan fingerprint density at radius 2 is 2.14 bits per heavy atom. The highest BCUT2D eigenvalue weighted by molar-refractivity contribution is 6.30. The fourth-order valence-electron chi connectivity index (χ4n) is 2.31. The van der Waals surface area contributed by atoms with Gasteiger partial charge in [-0.1, -0.05) is 30.3 Å². The molecule has 0 radical (unpaired) electrons. The van der Waals surface area contributed by atoms with Crippen LogP contribution in [-0.2, 0) is 5.66 Å². The Morgan fingerprint density at radius 3 is 2.71 bits per heavy atom. The standard InChI is InChI=1S/C15H14ClFN2O2/c1-4-9(8-10(17)5-2)15(3)18-13(20)12-7-6-11(16)14(21)19(12)15/h4-8H,1H2,2-3H3,(H,18,20)/b9-8+,10-5+. The maximum Gasteiger partial charge on any atom is 0.272 e. The summed E-state index contributed by atoms with van der Waals surface area (Å²) in [5.41, 5.74) is -1.25. The largest absolute Gasteiger partial charge is 0.324 e. The lowest BCUT2D eigenvalue weighted by Crippen LogP contribution is -2.46. The summed E-state index contributed by atoms with van der Waals surface area (Å²) < 4.78 is 14.8. The van der Waals surface area contributed by atoms with Crippen molar-refractivity contribution in [1.82, 2.24) is 9.88 Å². The van der Waals surface area contributed by atoms with Crippen LogP contribution in [0.25, 0.3) is 0 Å². The third-order valence-electron chi connectivity index (χ3n) is 3.42. The van der Waals surface area contributed by atoms with Gasteiger partial charge in [0.15, 0.2) is 0 Å². The van der Waals surface area contributed by atoms with E-state index in [0.29, 0.717) is 5.57 Å². The number of allylic oxidation sites excluding steroid dienone is 3. The number of fused-ring (bicyclic) bond motifs is 1. The molecule has 4 nitrogen and oxygen atoms in total. The molecular formula is C15H14ClFN2O2. The third-order valence-corrected chi connectivity index (χ3v) is 3.71. The average molecular weight is 309 g/mol. The van der Waals surface area contributed by atoms with E-state index >= 15 is 0 Å². The predicted molar refractivity (Wildman–Crippen MR) is 80.0 cm³/mol. The van der Waals surface area contributed by atoms with Gasteiger partial charge in [-0.25, -0.2) is 4.39 Å². The second-order valence-corrected chi connectivity index (χ2v) is 5.12. The lowest BCUT2D eigenvalue weighted by atomic mass is 10.0. The summed E-state index contributed by atoms with van der Waals surface area (Å²) in [6, 6.07) is 2.82. The molecule has 1 aliphatic heterocycles. The summed E-state index contributed by atoms with van der Waals surface area (Å²) >= 11 is 5.85. The van der Waals surface area contributed by atoms with Crippen LogP contribution in [0.4, 0.5) is 4.39 Å². The van der Waals surface area contributed by atoms with E-state index < -0.39 is 23.0 Å². The maximum absolute atomic E-state index is 13.6. The van der Waals surface area contributed by atoms with Crippen LogP contribution in [0.2, 0.25) is 5.02 Å². The SMILES string of the molecule is C=C/C(=C\C(F)=C/C)C1(C)NC(=O)c2ccc(Cl)c(=O)n21. The summed E-state index contributed by atoms with van der Waals surface area (Å²) in [6.07, 6.45) is 3.88. The van der Waals surface area contributed by atoms with Gasteiger partial charge >= 0.3 is 0 Å². The number of carbonyl (C=O) groups excluding carboxylic acids is 1. The average Bonchev–Trinajstić information content (AvgIpc) is 2.72. The number of hydrogen-bond acceptors (Lipinski definition) is 2. The molecule has 0 aromatic carbocycles. The summed E-state index contributed by atoms with van der Waals surface area (Å²) in [5.74, 6) is -0.927. The Morgan fingerprint density at radius 1 is 1.48 bits per heavy atom. The van der Waals surface area contributed by atoms with Crippen molar-refractivity contribution < 1.29 is 9.18 Å². The molecule has 0 saturated heterocycles. The molecule has 0 saturated carbocycles. The molecule has 0 bridgehead atoms. The van der Waals surface area contributed by atoms with E-state index in [2.05, 4.69) is 11.9 Å². The Balaban J connectivity index is 2.75. The Kier molecular flexibility index (Phi) is 3.87. The van der Waals surface area contributed by atoms with E-state index in [9.17, 15) is 14.0 Å². The highest BCUT2D eigenvalue weighted by Gasteiger charge is 2.41. The number of hydrogen-bond donors (Lipinski definition) is 1. The van der Waals surface area contributed by atoms with Crippen molar-refractivity contribution in [2.24, 2.45) is 0 Å². The summed E-state index contributed by atoms with van der Waals surface area (Å²) in [4.78, 5) is 24.3. The van der Waals surface area contributed by atoms with Gasteiger partial charge in [0.25, 0.3) is 11.5 Å². The van der Waals surface area contributed by atoms with Gasteiger partial charge in [0.2, 0.25) is 0 Å². The first-order chi connectivity index (χ1) is 9.85. The normalized spacial score (nSPS) is 22.0. The van der Waals surface area contributed by atoms with Crippen LogP contribution in [0, 0.1) is 0 Å².